The molecule has 1 aliphatic rings. The van der Waals surface area contributed by atoms with Gasteiger partial charge in [-0.25, -0.2) is 4.98 Å². The predicted octanol–water partition coefficient (Wildman–Crippen LogP) is 3.58. The third-order valence-corrected chi connectivity index (χ3v) is 3.52. The zero-order valence-corrected chi connectivity index (χ0v) is 11.7. The molecule has 0 bridgehead atoms. The lowest BCUT2D eigenvalue weighted by atomic mass is 10.0. The molecule has 1 aliphatic heterocycles. The molecule has 0 amide bonds. The number of halogens is 1. The van der Waals surface area contributed by atoms with Crippen molar-refractivity contribution in [2.75, 3.05) is 11.9 Å². The fourth-order valence-corrected chi connectivity index (χ4v) is 2.49. The molecule has 1 atom stereocenters. The van der Waals surface area contributed by atoms with Gasteiger partial charge in [-0.05, 0) is 12.1 Å². The van der Waals surface area contributed by atoms with Crippen molar-refractivity contribution in [1.82, 2.24) is 4.98 Å². The van der Waals surface area contributed by atoms with Crippen LogP contribution >= 0.6 is 11.6 Å². The summed E-state index contributed by atoms with van der Waals surface area (Å²) < 4.78 is 5.57. The first-order valence-corrected chi connectivity index (χ1v) is 6.82. The molecule has 2 aromatic rings. The highest BCUT2D eigenvalue weighted by Gasteiger charge is 2.24. The van der Waals surface area contributed by atoms with Gasteiger partial charge in [0, 0.05) is 18.1 Å². The van der Waals surface area contributed by atoms with Gasteiger partial charge < -0.3 is 10.1 Å². The Labute approximate surface area is 125 Å². The molecule has 3 rings (SSSR count). The Morgan fingerprint density at radius 3 is 2.95 bits per heavy atom. The molecule has 0 spiro atoms. The smallest absolute Gasteiger partial charge is 0.311 e. The highest BCUT2D eigenvalue weighted by Crippen LogP contribution is 2.35. The molecule has 1 unspecified atom stereocenters. The van der Waals surface area contributed by atoms with Crippen LogP contribution in [-0.4, -0.2) is 16.5 Å². The van der Waals surface area contributed by atoms with Gasteiger partial charge in [-0.3, -0.25) is 10.1 Å². The maximum Gasteiger partial charge on any atom is 0.311 e. The summed E-state index contributed by atoms with van der Waals surface area (Å²) in [6, 6.07) is 10.3. The highest BCUT2D eigenvalue weighted by atomic mass is 35.5. The first-order valence-electron chi connectivity index (χ1n) is 6.44. The number of anilines is 1. The summed E-state index contributed by atoms with van der Waals surface area (Å²) in [5.74, 6) is 0.958. The Morgan fingerprint density at radius 2 is 2.14 bits per heavy atom. The summed E-state index contributed by atoms with van der Waals surface area (Å²) >= 11 is 5.84. The quantitative estimate of drug-likeness (QED) is 0.533. The van der Waals surface area contributed by atoms with Crippen molar-refractivity contribution in [2.24, 2.45) is 0 Å². The van der Waals surface area contributed by atoms with E-state index in [4.69, 9.17) is 16.3 Å². The second kappa shape index (κ2) is 5.57. The minimum Gasteiger partial charge on any atom is -0.493 e. The van der Waals surface area contributed by atoms with Crippen LogP contribution in [0, 0.1) is 10.1 Å². The lowest BCUT2D eigenvalue weighted by molar-refractivity contribution is -0.384. The van der Waals surface area contributed by atoms with Crippen LogP contribution in [0.4, 0.5) is 11.5 Å². The summed E-state index contributed by atoms with van der Waals surface area (Å²) in [4.78, 5) is 14.6. The SMILES string of the molecule is O=[N+]([O-])c1ccc(Cl)nc1NC1CCOc2ccccc21. The largest absolute Gasteiger partial charge is 0.493 e. The zero-order chi connectivity index (χ0) is 14.8. The Morgan fingerprint density at radius 1 is 1.33 bits per heavy atom. The molecule has 0 saturated heterocycles. The van der Waals surface area contributed by atoms with Gasteiger partial charge in [-0.1, -0.05) is 29.8 Å². The van der Waals surface area contributed by atoms with Gasteiger partial charge in [0.2, 0.25) is 5.82 Å². The van der Waals surface area contributed by atoms with E-state index < -0.39 is 4.92 Å². The van der Waals surface area contributed by atoms with Crippen molar-refractivity contribution in [1.29, 1.82) is 0 Å². The monoisotopic (exact) mass is 305 g/mol. The van der Waals surface area contributed by atoms with Crippen molar-refractivity contribution in [3.05, 3.63) is 57.2 Å². The van der Waals surface area contributed by atoms with Crippen molar-refractivity contribution in [3.63, 3.8) is 0 Å². The summed E-state index contributed by atoms with van der Waals surface area (Å²) in [6.07, 6.45) is 0.697. The van der Waals surface area contributed by atoms with Crippen LogP contribution in [0.1, 0.15) is 18.0 Å². The molecule has 6 nitrogen and oxygen atoms in total. The Kier molecular flexibility index (Phi) is 3.62. The van der Waals surface area contributed by atoms with Crippen LogP contribution in [0.15, 0.2) is 36.4 Å². The van der Waals surface area contributed by atoms with Gasteiger partial charge >= 0.3 is 5.69 Å². The molecule has 2 heterocycles. The minimum absolute atomic E-state index is 0.0941. The number of para-hydroxylation sites is 1. The van der Waals surface area contributed by atoms with E-state index in [1.165, 1.54) is 12.1 Å². The number of nitrogens with zero attached hydrogens (tertiary/aromatic N) is 2. The second-order valence-electron chi connectivity index (χ2n) is 4.63. The summed E-state index contributed by atoms with van der Waals surface area (Å²) in [5, 5.41) is 14.4. The lowest BCUT2D eigenvalue weighted by Gasteiger charge is -2.26. The van der Waals surface area contributed by atoms with Gasteiger partial charge in [0.1, 0.15) is 10.9 Å². The van der Waals surface area contributed by atoms with E-state index in [1.54, 1.807) is 0 Å². The minimum atomic E-state index is -0.475. The molecule has 21 heavy (non-hydrogen) atoms. The fourth-order valence-electron chi connectivity index (χ4n) is 2.34. The topological polar surface area (TPSA) is 77.3 Å². The van der Waals surface area contributed by atoms with Crippen molar-refractivity contribution >= 4 is 23.1 Å². The molecule has 0 saturated carbocycles. The number of aromatic nitrogens is 1. The molecule has 1 N–H and O–H groups in total. The molecule has 0 aliphatic carbocycles. The summed E-state index contributed by atoms with van der Waals surface area (Å²) in [5.41, 5.74) is 0.864. The third kappa shape index (κ3) is 2.75. The molecule has 108 valence electrons. The number of hydrogen-bond donors (Lipinski definition) is 1. The zero-order valence-electron chi connectivity index (χ0n) is 11.0. The molecule has 1 aromatic heterocycles. The number of pyridine rings is 1. The van der Waals surface area contributed by atoms with Crippen LogP contribution in [0.25, 0.3) is 0 Å². The summed E-state index contributed by atoms with van der Waals surface area (Å²) in [7, 11) is 0. The van der Waals surface area contributed by atoms with E-state index in [-0.39, 0.29) is 22.7 Å². The van der Waals surface area contributed by atoms with Crippen LogP contribution in [0.5, 0.6) is 5.75 Å². The van der Waals surface area contributed by atoms with Gasteiger partial charge in [0.25, 0.3) is 0 Å². The number of hydrogen-bond acceptors (Lipinski definition) is 5. The van der Waals surface area contributed by atoms with Crippen LogP contribution in [0.2, 0.25) is 5.15 Å². The van der Waals surface area contributed by atoms with E-state index in [2.05, 4.69) is 10.3 Å². The van der Waals surface area contributed by atoms with E-state index in [9.17, 15) is 10.1 Å². The summed E-state index contributed by atoms with van der Waals surface area (Å²) in [6.45, 7) is 0.545. The second-order valence-corrected chi connectivity index (χ2v) is 5.02. The van der Waals surface area contributed by atoms with Gasteiger partial charge in [0.05, 0.1) is 17.6 Å². The number of benzene rings is 1. The first kappa shape index (κ1) is 13.6. The number of fused-ring (bicyclic) bond motifs is 1. The molecular formula is C14H12ClN3O3. The number of ether oxygens (including phenoxy) is 1. The van der Waals surface area contributed by atoms with Crippen molar-refractivity contribution in [3.8, 4) is 5.75 Å². The van der Waals surface area contributed by atoms with Gasteiger partial charge in [0.15, 0.2) is 0 Å². The lowest BCUT2D eigenvalue weighted by Crippen LogP contribution is -2.21. The number of nitrogens with one attached hydrogen (secondary N) is 1. The third-order valence-electron chi connectivity index (χ3n) is 3.31. The highest BCUT2D eigenvalue weighted by molar-refractivity contribution is 6.29. The van der Waals surface area contributed by atoms with E-state index in [0.717, 1.165) is 11.3 Å². The van der Waals surface area contributed by atoms with Crippen molar-refractivity contribution < 1.29 is 9.66 Å². The Hall–Kier alpha value is -2.34. The standard InChI is InChI=1S/C14H12ClN3O3/c15-13-6-5-11(18(19)20)14(17-13)16-10-7-8-21-12-4-2-1-3-9(10)12/h1-6,10H,7-8H2,(H,16,17). The maximum atomic E-state index is 11.1. The average molecular weight is 306 g/mol. The first-order chi connectivity index (χ1) is 10.1. The number of nitro groups is 1. The molecule has 7 heteroatoms. The van der Waals surface area contributed by atoms with E-state index in [1.807, 2.05) is 24.3 Å². The average Bonchev–Trinajstić information content (AvgIpc) is 2.47. The van der Waals surface area contributed by atoms with Gasteiger partial charge in [-0.2, -0.15) is 0 Å². The molecule has 0 fully saturated rings. The van der Waals surface area contributed by atoms with Gasteiger partial charge in [-0.15, -0.1) is 0 Å². The molecule has 1 aromatic carbocycles. The predicted molar refractivity (Wildman–Crippen MR) is 78.8 cm³/mol. The maximum absolute atomic E-state index is 11.1. The number of rotatable bonds is 3. The van der Waals surface area contributed by atoms with E-state index >= 15 is 0 Å². The van der Waals surface area contributed by atoms with E-state index in [0.29, 0.717) is 13.0 Å². The van der Waals surface area contributed by atoms with Crippen molar-refractivity contribution in [2.45, 2.75) is 12.5 Å². The fraction of sp³-hybridized carbons (Fsp3) is 0.214. The molecular weight excluding hydrogens is 294 g/mol. The molecule has 0 radical (unpaired) electrons. The van der Waals surface area contributed by atoms with Crippen LogP contribution < -0.4 is 10.1 Å². The Balaban J connectivity index is 1.95. The normalized spacial score (nSPS) is 16.7. The Bertz CT molecular complexity index is 693. The van der Waals surface area contributed by atoms with Crippen LogP contribution in [0.3, 0.4) is 0 Å². The van der Waals surface area contributed by atoms with Crippen LogP contribution in [-0.2, 0) is 0 Å².